The Balaban J connectivity index is 1.34. The van der Waals surface area contributed by atoms with Crippen LogP contribution >= 0.6 is 0 Å². The molecule has 4 rings (SSSR count). The highest BCUT2D eigenvalue weighted by molar-refractivity contribution is 5.79. The zero-order valence-corrected chi connectivity index (χ0v) is 11.8. The van der Waals surface area contributed by atoms with E-state index in [2.05, 4.69) is 52.8 Å². The summed E-state index contributed by atoms with van der Waals surface area (Å²) < 4.78 is 5.94. The van der Waals surface area contributed by atoms with Gasteiger partial charge in [0.2, 0.25) is 0 Å². The van der Waals surface area contributed by atoms with Gasteiger partial charge in [-0.1, -0.05) is 24.3 Å². The molecule has 0 fully saturated rings. The first-order chi connectivity index (χ1) is 10.4. The number of H-pyrrole nitrogens is 1. The molecule has 0 aliphatic carbocycles. The molecule has 0 amide bonds. The second-order valence-electron chi connectivity index (χ2n) is 5.58. The highest BCUT2D eigenvalue weighted by atomic mass is 16.5. The number of ether oxygens (including phenoxy) is 1. The molecule has 0 bridgehead atoms. The summed E-state index contributed by atoms with van der Waals surface area (Å²) >= 11 is 0. The Bertz CT molecular complexity index is 738. The normalized spacial score (nSPS) is 16.9. The van der Waals surface area contributed by atoms with Gasteiger partial charge in [-0.05, 0) is 40.8 Å². The summed E-state index contributed by atoms with van der Waals surface area (Å²) in [5.74, 6) is 1.04. The van der Waals surface area contributed by atoms with Crippen LogP contribution in [0.4, 0.5) is 0 Å². The summed E-state index contributed by atoms with van der Waals surface area (Å²) in [5.41, 5.74) is 3.81. The Hall–Kier alpha value is -2.26. The van der Waals surface area contributed by atoms with Crippen LogP contribution in [0.3, 0.4) is 0 Å². The quantitative estimate of drug-likeness (QED) is 0.768. The molecule has 2 aromatic carbocycles. The van der Waals surface area contributed by atoms with Crippen LogP contribution in [-0.2, 0) is 13.0 Å². The zero-order valence-electron chi connectivity index (χ0n) is 11.8. The molecular weight excluding hydrogens is 260 g/mol. The lowest BCUT2D eigenvalue weighted by atomic mass is 10.1. The minimum Gasteiger partial charge on any atom is -0.488 e. The van der Waals surface area contributed by atoms with E-state index >= 15 is 0 Å². The lowest BCUT2D eigenvalue weighted by Crippen LogP contribution is -2.29. The molecule has 1 atom stereocenters. The van der Waals surface area contributed by atoms with Crippen LogP contribution in [0.15, 0.2) is 54.7 Å². The van der Waals surface area contributed by atoms with Gasteiger partial charge in [-0.2, -0.15) is 0 Å². The average molecular weight is 278 g/mol. The van der Waals surface area contributed by atoms with Gasteiger partial charge in [0, 0.05) is 31.2 Å². The number of aromatic nitrogens is 1. The van der Waals surface area contributed by atoms with Gasteiger partial charge < -0.3 is 15.0 Å². The van der Waals surface area contributed by atoms with Crippen LogP contribution in [0.2, 0.25) is 0 Å². The van der Waals surface area contributed by atoms with E-state index in [0.29, 0.717) is 0 Å². The molecule has 0 saturated carbocycles. The van der Waals surface area contributed by atoms with E-state index in [1.165, 1.54) is 22.0 Å². The molecule has 21 heavy (non-hydrogen) atoms. The summed E-state index contributed by atoms with van der Waals surface area (Å²) in [7, 11) is 0. The molecule has 1 aliphatic rings. The molecule has 3 heteroatoms. The lowest BCUT2D eigenvalue weighted by Gasteiger charge is -2.12. The SMILES string of the molecule is c1ccc2c(c1)CC(CNCc1ccc3[nH]ccc3c1)O2. The molecule has 0 saturated heterocycles. The standard InChI is InChI=1S/C18H18N2O/c1-2-4-18-15(3-1)10-16(21-18)12-19-11-13-5-6-17-14(9-13)7-8-20-17/h1-9,16,19-20H,10-12H2. The fraction of sp³-hybridized carbons (Fsp3) is 0.222. The van der Waals surface area contributed by atoms with Gasteiger partial charge in [0.1, 0.15) is 11.9 Å². The summed E-state index contributed by atoms with van der Waals surface area (Å²) in [5, 5.41) is 4.76. The van der Waals surface area contributed by atoms with E-state index in [9.17, 15) is 0 Å². The average Bonchev–Trinajstić information content (AvgIpc) is 3.12. The van der Waals surface area contributed by atoms with Gasteiger partial charge in [-0.15, -0.1) is 0 Å². The summed E-state index contributed by atoms with van der Waals surface area (Å²) in [4.78, 5) is 3.22. The monoisotopic (exact) mass is 278 g/mol. The maximum atomic E-state index is 5.94. The van der Waals surface area contributed by atoms with Gasteiger partial charge in [-0.3, -0.25) is 0 Å². The number of para-hydroxylation sites is 1. The third-order valence-corrected chi connectivity index (χ3v) is 4.03. The van der Waals surface area contributed by atoms with Crippen molar-refractivity contribution >= 4 is 10.9 Å². The van der Waals surface area contributed by atoms with Crippen LogP contribution in [0.1, 0.15) is 11.1 Å². The Morgan fingerprint density at radius 2 is 2.10 bits per heavy atom. The predicted octanol–water partition coefficient (Wildman–Crippen LogP) is 3.26. The highest BCUT2D eigenvalue weighted by Crippen LogP contribution is 2.27. The van der Waals surface area contributed by atoms with Crippen molar-refractivity contribution in [1.29, 1.82) is 0 Å². The maximum absolute atomic E-state index is 5.94. The van der Waals surface area contributed by atoms with Crippen molar-refractivity contribution in [3.05, 3.63) is 65.9 Å². The van der Waals surface area contributed by atoms with Crippen molar-refractivity contribution in [3.63, 3.8) is 0 Å². The Morgan fingerprint density at radius 3 is 3.05 bits per heavy atom. The number of hydrogen-bond acceptors (Lipinski definition) is 2. The van der Waals surface area contributed by atoms with E-state index in [-0.39, 0.29) is 6.10 Å². The first-order valence-electron chi connectivity index (χ1n) is 7.40. The van der Waals surface area contributed by atoms with Crippen molar-refractivity contribution < 1.29 is 4.74 Å². The van der Waals surface area contributed by atoms with Crippen molar-refractivity contribution in [3.8, 4) is 5.75 Å². The molecule has 3 nitrogen and oxygen atoms in total. The van der Waals surface area contributed by atoms with Crippen molar-refractivity contribution in [2.75, 3.05) is 6.54 Å². The van der Waals surface area contributed by atoms with Gasteiger partial charge in [0.15, 0.2) is 0 Å². The Labute approximate surface area is 123 Å². The van der Waals surface area contributed by atoms with Gasteiger partial charge in [-0.25, -0.2) is 0 Å². The first-order valence-corrected chi connectivity index (χ1v) is 7.40. The van der Waals surface area contributed by atoms with Crippen LogP contribution in [0, 0.1) is 0 Å². The van der Waals surface area contributed by atoms with Crippen LogP contribution in [-0.4, -0.2) is 17.6 Å². The van der Waals surface area contributed by atoms with Crippen LogP contribution < -0.4 is 10.1 Å². The number of fused-ring (bicyclic) bond motifs is 2. The molecular formula is C18H18N2O. The second kappa shape index (κ2) is 5.26. The smallest absolute Gasteiger partial charge is 0.123 e. The van der Waals surface area contributed by atoms with E-state index in [4.69, 9.17) is 4.74 Å². The number of rotatable bonds is 4. The molecule has 1 aromatic heterocycles. The molecule has 1 aliphatic heterocycles. The fourth-order valence-electron chi connectivity index (χ4n) is 2.96. The third kappa shape index (κ3) is 2.52. The van der Waals surface area contributed by atoms with Crippen LogP contribution in [0.25, 0.3) is 10.9 Å². The molecule has 0 radical (unpaired) electrons. The van der Waals surface area contributed by atoms with E-state index in [0.717, 1.165) is 25.3 Å². The highest BCUT2D eigenvalue weighted by Gasteiger charge is 2.21. The molecule has 106 valence electrons. The van der Waals surface area contributed by atoms with Crippen molar-refractivity contribution in [1.82, 2.24) is 10.3 Å². The number of nitrogens with one attached hydrogen (secondary N) is 2. The Kier molecular flexibility index (Phi) is 3.13. The van der Waals surface area contributed by atoms with Crippen molar-refractivity contribution in [2.45, 2.75) is 19.1 Å². The summed E-state index contributed by atoms with van der Waals surface area (Å²) in [6.45, 7) is 1.75. The number of aromatic amines is 1. The first kappa shape index (κ1) is 12.5. The van der Waals surface area contributed by atoms with Gasteiger partial charge in [0.25, 0.3) is 0 Å². The van der Waals surface area contributed by atoms with E-state index < -0.39 is 0 Å². The zero-order chi connectivity index (χ0) is 14.1. The molecule has 2 heterocycles. The molecule has 0 spiro atoms. The van der Waals surface area contributed by atoms with Crippen LogP contribution in [0.5, 0.6) is 5.75 Å². The topological polar surface area (TPSA) is 37.0 Å². The summed E-state index contributed by atoms with van der Waals surface area (Å²) in [6.07, 6.45) is 3.23. The largest absolute Gasteiger partial charge is 0.488 e. The number of hydrogen-bond donors (Lipinski definition) is 2. The molecule has 1 unspecified atom stereocenters. The molecule has 2 N–H and O–H groups in total. The van der Waals surface area contributed by atoms with E-state index in [1.54, 1.807) is 0 Å². The van der Waals surface area contributed by atoms with E-state index in [1.807, 2.05) is 12.3 Å². The lowest BCUT2D eigenvalue weighted by molar-refractivity contribution is 0.227. The van der Waals surface area contributed by atoms with Gasteiger partial charge >= 0.3 is 0 Å². The maximum Gasteiger partial charge on any atom is 0.123 e. The minimum absolute atomic E-state index is 0.249. The second-order valence-corrected chi connectivity index (χ2v) is 5.58. The Morgan fingerprint density at radius 1 is 1.14 bits per heavy atom. The predicted molar refractivity (Wildman–Crippen MR) is 84.6 cm³/mol. The number of benzene rings is 2. The third-order valence-electron chi connectivity index (χ3n) is 4.03. The summed E-state index contributed by atoms with van der Waals surface area (Å²) in [6, 6.07) is 16.9. The van der Waals surface area contributed by atoms with Gasteiger partial charge in [0.05, 0.1) is 0 Å². The minimum atomic E-state index is 0.249. The fourth-order valence-corrected chi connectivity index (χ4v) is 2.96. The molecule has 3 aromatic rings. The van der Waals surface area contributed by atoms with Crippen molar-refractivity contribution in [2.24, 2.45) is 0 Å².